The molecule has 1 atom stereocenters. The van der Waals surface area contributed by atoms with Crippen LogP contribution in [0.2, 0.25) is 0 Å². The Morgan fingerprint density at radius 1 is 1.35 bits per heavy atom. The fourth-order valence-corrected chi connectivity index (χ4v) is 2.49. The number of fused-ring (bicyclic) bond motifs is 1. The summed E-state index contributed by atoms with van der Waals surface area (Å²) in [6.45, 7) is 1.21. The third-order valence-electron chi connectivity index (χ3n) is 3.71. The number of aromatic nitrogens is 2. The maximum Gasteiger partial charge on any atom is 0.255 e. The summed E-state index contributed by atoms with van der Waals surface area (Å²) in [5, 5.41) is 3.10. The molecule has 0 aliphatic carbocycles. The summed E-state index contributed by atoms with van der Waals surface area (Å²) < 4.78 is 29.1. The lowest BCUT2D eigenvalue weighted by molar-refractivity contribution is 0.228. The Bertz CT molecular complexity index is 696. The lowest BCUT2D eigenvalue weighted by Crippen LogP contribution is -2.27. The van der Waals surface area contributed by atoms with Crippen LogP contribution in [0.15, 0.2) is 24.4 Å². The third-order valence-corrected chi connectivity index (χ3v) is 3.71. The molecule has 0 spiro atoms. The Morgan fingerprint density at radius 2 is 2.22 bits per heavy atom. The molecule has 1 aliphatic heterocycles. The molecule has 0 radical (unpaired) electrons. The van der Waals surface area contributed by atoms with Gasteiger partial charge in [-0.25, -0.2) is 4.98 Å². The highest BCUT2D eigenvalue weighted by molar-refractivity contribution is 5.42. The number of methoxy groups -OCH3 is 2. The third kappa shape index (κ3) is 3.44. The monoisotopic (exact) mass is 319 g/mol. The van der Waals surface area contributed by atoms with E-state index in [1.54, 1.807) is 7.11 Å². The topological polar surface area (TPSA) is 65.5 Å². The summed E-state index contributed by atoms with van der Waals surface area (Å²) in [5.74, 6) is 1.61. The molecule has 0 fully saturated rings. The van der Waals surface area contributed by atoms with Gasteiger partial charge in [0.05, 0.1) is 27.0 Å². The van der Waals surface area contributed by atoms with Crippen molar-refractivity contribution in [1.82, 2.24) is 9.97 Å². The Balaban J connectivity index is 1.61. The predicted octanol–water partition coefficient (Wildman–Crippen LogP) is 2.30. The smallest absolute Gasteiger partial charge is 0.255 e. The van der Waals surface area contributed by atoms with Crippen molar-refractivity contribution in [3.63, 3.8) is 0 Å². The highest BCUT2D eigenvalue weighted by Gasteiger charge is 2.20. The van der Waals surface area contributed by atoms with Crippen LogP contribution in [0.1, 0.15) is 5.56 Å². The minimum atomic E-state index is -0.582. The first-order valence-corrected chi connectivity index (χ1v) is 7.29. The summed E-state index contributed by atoms with van der Waals surface area (Å²) in [5.41, 5.74) is 1.14. The second-order valence-electron chi connectivity index (χ2n) is 5.29. The van der Waals surface area contributed by atoms with Crippen LogP contribution in [-0.2, 0) is 6.42 Å². The van der Waals surface area contributed by atoms with E-state index in [0.29, 0.717) is 19.1 Å². The van der Waals surface area contributed by atoms with Crippen molar-refractivity contribution in [3.05, 3.63) is 35.8 Å². The van der Waals surface area contributed by atoms with Crippen LogP contribution < -0.4 is 19.5 Å². The van der Waals surface area contributed by atoms with E-state index in [0.717, 1.165) is 29.7 Å². The Labute approximate surface area is 133 Å². The van der Waals surface area contributed by atoms with Crippen molar-refractivity contribution in [2.24, 2.45) is 5.92 Å². The predicted molar refractivity (Wildman–Crippen MR) is 82.7 cm³/mol. The number of hydrogen-bond donors (Lipinski definition) is 1. The van der Waals surface area contributed by atoms with Gasteiger partial charge in [0.15, 0.2) is 0 Å². The van der Waals surface area contributed by atoms with E-state index in [1.807, 2.05) is 18.2 Å². The van der Waals surface area contributed by atoms with Gasteiger partial charge >= 0.3 is 0 Å². The fourth-order valence-electron chi connectivity index (χ4n) is 2.49. The normalized spacial score (nSPS) is 16.2. The molecule has 1 aliphatic rings. The summed E-state index contributed by atoms with van der Waals surface area (Å²) in [4.78, 5) is 7.87. The summed E-state index contributed by atoms with van der Waals surface area (Å²) >= 11 is 0. The van der Waals surface area contributed by atoms with Gasteiger partial charge in [-0.2, -0.15) is 9.37 Å². The average Bonchev–Trinajstić information content (AvgIpc) is 2.60. The number of benzene rings is 1. The molecule has 0 saturated carbocycles. The molecule has 0 bridgehead atoms. The van der Waals surface area contributed by atoms with Gasteiger partial charge in [0.25, 0.3) is 5.88 Å². The molecule has 7 heteroatoms. The van der Waals surface area contributed by atoms with Crippen LogP contribution in [-0.4, -0.2) is 37.3 Å². The van der Waals surface area contributed by atoms with Crippen LogP contribution in [0.25, 0.3) is 0 Å². The Hall–Kier alpha value is -2.57. The van der Waals surface area contributed by atoms with Crippen LogP contribution in [0.3, 0.4) is 0 Å². The lowest BCUT2D eigenvalue weighted by atomic mass is 9.96. The van der Waals surface area contributed by atoms with Gasteiger partial charge in [-0.3, -0.25) is 0 Å². The molecule has 1 aromatic heterocycles. The first-order valence-electron chi connectivity index (χ1n) is 7.29. The van der Waals surface area contributed by atoms with Gasteiger partial charge < -0.3 is 19.5 Å². The first-order chi connectivity index (χ1) is 11.2. The molecule has 1 unspecified atom stereocenters. The van der Waals surface area contributed by atoms with Crippen LogP contribution >= 0.6 is 0 Å². The number of hydrogen-bond acceptors (Lipinski definition) is 6. The van der Waals surface area contributed by atoms with Gasteiger partial charge in [-0.15, -0.1) is 0 Å². The van der Waals surface area contributed by atoms with Crippen molar-refractivity contribution in [2.75, 3.05) is 32.7 Å². The fraction of sp³-hybridized carbons (Fsp3) is 0.375. The van der Waals surface area contributed by atoms with E-state index in [1.165, 1.54) is 7.11 Å². The summed E-state index contributed by atoms with van der Waals surface area (Å²) in [7, 11) is 3.00. The molecule has 1 aromatic carbocycles. The zero-order valence-electron chi connectivity index (χ0n) is 13.0. The largest absolute Gasteiger partial charge is 0.497 e. The number of ether oxygens (including phenoxy) is 3. The van der Waals surface area contributed by atoms with Gasteiger partial charge in [-0.05, 0) is 18.1 Å². The van der Waals surface area contributed by atoms with Crippen LogP contribution in [0.5, 0.6) is 17.4 Å². The van der Waals surface area contributed by atoms with Gasteiger partial charge in [-0.1, -0.05) is 6.07 Å². The highest BCUT2D eigenvalue weighted by atomic mass is 19.1. The molecular formula is C16H18FN3O3. The summed E-state index contributed by atoms with van der Waals surface area (Å²) in [6, 6.07) is 5.83. The van der Waals surface area contributed by atoms with Crippen molar-refractivity contribution < 1.29 is 18.6 Å². The quantitative estimate of drug-likeness (QED) is 0.912. The Morgan fingerprint density at radius 3 is 3.00 bits per heavy atom. The van der Waals surface area contributed by atoms with Crippen LogP contribution in [0.4, 0.5) is 10.3 Å². The highest BCUT2D eigenvalue weighted by Crippen LogP contribution is 2.31. The molecule has 0 amide bonds. The standard InChI is InChI=1S/C16H18FN3O3/c1-21-12-4-3-11-5-10(9-23-14(11)6-12)7-18-16-19-8-13(17)15(20-16)22-2/h3-4,6,8,10H,5,7,9H2,1-2H3,(H,18,19,20). The van der Waals surface area contributed by atoms with E-state index >= 15 is 0 Å². The van der Waals surface area contributed by atoms with Crippen LogP contribution in [0, 0.1) is 11.7 Å². The molecule has 0 saturated heterocycles. The molecule has 2 heterocycles. The zero-order valence-corrected chi connectivity index (χ0v) is 13.0. The number of rotatable bonds is 5. The maximum atomic E-state index is 13.3. The summed E-state index contributed by atoms with van der Waals surface area (Å²) in [6.07, 6.45) is 1.97. The van der Waals surface area contributed by atoms with E-state index < -0.39 is 5.82 Å². The van der Waals surface area contributed by atoms with E-state index in [4.69, 9.17) is 14.2 Å². The Kier molecular flexibility index (Phi) is 4.45. The van der Waals surface area contributed by atoms with E-state index in [9.17, 15) is 4.39 Å². The number of anilines is 1. The molecule has 122 valence electrons. The first kappa shape index (κ1) is 15.3. The molecule has 1 N–H and O–H groups in total. The second-order valence-corrected chi connectivity index (χ2v) is 5.29. The molecule has 6 nitrogen and oxygen atoms in total. The zero-order chi connectivity index (χ0) is 16.2. The van der Waals surface area contributed by atoms with Crippen molar-refractivity contribution in [1.29, 1.82) is 0 Å². The van der Waals surface area contributed by atoms with Crippen molar-refractivity contribution in [2.45, 2.75) is 6.42 Å². The van der Waals surface area contributed by atoms with Gasteiger partial charge in [0.1, 0.15) is 11.5 Å². The van der Waals surface area contributed by atoms with Gasteiger partial charge in [0, 0.05) is 18.5 Å². The van der Waals surface area contributed by atoms with Crippen molar-refractivity contribution >= 4 is 5.95 Å². The number of nitrogens with one attached hydrogen (secondary N) is 1. The lowest BCUT2D eigenvalue weighted by Gasteiger charge is -2.25. The van der Waals surface area contributed by atoms with Gasteiger partial charge in [0.2, 0.25) is 11.8 Å². The number of nitrogens with zero attached hydrogens (tertiary/aromatic N) is 2. The minimum absolute atomic E-state index is 0.0696. The van der Waals surface area contributed by atoms with E-state index in [-0.39, 0.29) is 11.8 Å². The molecular weight excluding hydrogens is 301 g/mol. The second kappa shape index (κ2) is 6.68. The maximum absolute atomic E-state index is 13.3. The average molecular weight is 319 g/mol. The molecule has 23 heavy (non-hydrogen) atoms. The number of halogens is 1. The van der Waals surface area contributed by atoms with E-state index in [2.05, 4.69) is 15.3 Å². The minimum Gasteiger partial charge on any atom is -0.497 e. The SMILES string of the molecule is COc1ccc2c(c1)OCC(CNc1ncc(F)c(OC)n1)C2. The molecule has 2 aromatic rings. The van der Waals surface area contributed by atoms with Crippen molar-refractivity contribution in [3.8, 4) is 17.4 Å². The molecule has 3 rings (SSSR count).